The molecule has 7 heteroatoms. The fraction of sp³-hybridized carbons (Fsp3) is 0. The van der Waals surface area contributed by atoms with Crippen molar-refractivity contribution >= 4 is 22.4 Å². The summed E-state index contributed by atoms with van der Waals surface area (Å²) >= 11 is 0. The molecule has 0 aliphatic rings. The molecule has 0 radical (unpaired) electrons. The van der Waals surface area contributed by atoms with Crippen LogP contribution < -0.4 is 11.5 Å². The third kappa shape index (κ3) is 3.03. The maximum Gasteiger partial charge on any atom is 0.191 e. The Morgan fingerprint density at radius 3 is 2.48 bits per heavy atom. The fourth-order valence-electron chi connectivity index (χ4n) is 2.51. The van der Waals surface area contributed by atoms with E-state index in [0.717, 1.165) is 12.3 Å². The Morgan fingerprint density at radius 2 is 1.76 bits per heavy atom. The van der Waals surface area contributed by atoms with Crippen LogP contribution in [0.1, 0.15) is 5.56 Å². The molecule has 0 aliphatic heterocycles. The van der Waals surface area contributed by atoms with Crippen LogP contribution in [0.25, 0.3) is 27.7 Å². The van der Waals surface area contributed by atoms with Crippen molar-refractivity contribution in [3.8, 4) is 11.3 Å². The quantitative estimate of drug-likeness (QED) is 0.564. The summed E-state index contributed by atoms with van der Waals surface area (Å²) in [4.78, 5) is 7.78. The number of hydrogen-bond acceptors (Lipinski definition) is 2. The van der Waals surface area contributed by atoms with Crippen LogP contribution in [-0.4, -0.2) is 10.9 Å². The standard InChI is InChI=1S/C18H13F3N4/c1-9(25-18(22)23)10-5-6-11-13(7-10)17(24-8-15(11)20)12-3-2-4-14(19)16(12)21/h2-8H,1H2,(H4,22,23,25). The van der Waals surface area contributed by atoms with Gasteiger partial charge in [0.1, 0.15) is 5.82 Å². The lowest BCUT2D eigenvalue weighted by Crippen LogP contribution is -2.22. The molecule has 0 aliphatic carbocycles. The Balaban J connectivity index is 2.29. The molecule has 1 heterocycles. The first-order valence-corrected chi connectivity index (χ1v) is 7.20. The van der Waals surface area contributed by atoms with Crippen LogP contribution >= 0.6 is 0 Å². The zero-order chi connectivity index (χ0) is 18.1. The summed E-state index contributed by atoms with van der Waals surface area (Å²) in [6.07, 6.45) is 0.965. The van der Waals surface area contributed by atoms with Gasteiger partial charge in [-0.2, -0.15) is 0 Å². The molecule has 0 fully saturated rings. The normalized spacial score (nSPS) is 10.7. The van der Waals surface area contributed by atoms with Crippen LogP contribution in [0.2, 0.25) is 0 Å². The molecular formula is C18H13F3N4. The Morgan fingerprint density at radius 1 is 1.00 bits per heavy atom. The highest BCUT2D eigenvalue weighted by Crippen LogP contribution is 2.32. The van der Waals surface area contributed by atoms with Crippen molar-refractivity contribution in [3.63, 3.8) is 0 Å². The minimum absolute atomic E-state index is 0.0744. The van der Waals surface area contributed by atoms with Gasteiger partial charge in [-0.25, -0.2) is 18.2 Å². The van der Waals surface area contributed by atoms with E-state index in [-0.39, 0.29) is 33.7 Å². The van der Waals surface area contributed by atoms with E-state index >= 15 is 0 Å². The predicted octanol–water partition coefficient (Wildman–Crippen LogP) is 3.56. The molecular weight excluding hydrogens is 329 g/mol. The SMILES string of the molecule is C=C(N=C(N)N)c1ccc2c(F)cnc(-c3cccc(F)c3F)c2c1. The van der Waals surface area contributed by atoms with Crippen molar-refractivity contribution in [1.82, 2.24) is 4.98 Å². The number of nitrogens with zero attached hydrogens (tertiary/aromatic N) is 2. The molecule has 4 nitrogen and oxygen atoms in total. The Bertz CT molecular complexity index is 1020. The van der Waals surface area contributed by atoms with E-state index in [1.807, 2.05) is 0 Å². The monoisotopic (exact) mass is 342 g/mol. The molecule has 0 bridgehead atoms. The van der Waals surface area contributed by atoms with Crippen LogP contribution in [0.5, 0.6) is 0 Å². The zero-order valence-electron chi connectivity index (χ0n) is 12.9. The van der Waals surface area contributed by atoms with Crippen molar-refractivity contribution in [1.29, 1.82) is 0 Å². The van der Waals surface area contributed by atoms with Crippen molar-refractivity contribution < 1.29 is 13.2 Å². The van der Waals surface area contributed by atoms with E-state index in [1.54, 1.807) is 6.07 Å². The van der Waals surface area contributed by atoms with Gasteiger partial charge in [0.15, 0.2) is 17.6 Å². The predicted molar refractivity (Wildman–Crippen MR) is 91.9 cm³/mol. The van der Waals surface area contributed by atoms with Gasteiger partial charge in [-0.3, -0.25) is 4.98 Å². The lowest BCUT2D eigenvalue weighted by molar-refractivity contribution is 0.511. The Hall–Kier alpha value is -3.35. The van der Waals surface area contributed by atoms with Crippen molar-refractivity contribution in [2.75, 3.05) is 0 Å². The number of aromatic nitrogens is 1. The van der Waals surface area contributed by atoms with Gasteiger partial charge in [0, 0.05) is 21.9 Å². The summed E-state index contributed by atoms with van der Waals surface area (Å²) in [5.74, 6) is -2.84. The molecule has 4 N–H and O–H groups in total. The number of nitrogens with two attached hydrogens (primary N) is 2. The van der Waals surface area contributed by atoms with Gasteiger partial charge in [-0.05, 0) is 18.2 Å². The van der Waals surface area contributed by atoms with E-state index in [2.05, 4.69) is 16.6 Å². The highest BCUT2D eigenvalue weighted by atomic mass is 19.2. The average molecular weight is 342 g/mol. The molecule has 0 saturated heterocycles. The number of pyridine rings is 1. The molecule has 0 amide bonds. The minimum atomic E-state index is -1.06. The molecule has 3 aromatic rings. The molecule has 0 saturated carbocycles. The van der Waals surface area contributed by atoms with E-state index in [0.29, 0.717) is 5.56 Å². The number of benzene rings is 2. The van der Waals surface area contributed by atoms with E-state index in [4.69, 9.17) is 11.5 Å². The smallest absolute Gasteiger partial charge is 0.191 e. The van der Waals surface area contributed by atoms with Gasteiger partial charge in [0.25, 0.3) is 0 Å². The van der Waals surface area contributed by atoms with Crippen molar-refractivity contribution in [2.45, 2.75) is 0 Å². The summed E-state index contributed by atoms with van der Waals surface area (Å²) in [6.45, 7) is 3.73. The van der Waals surface area contributed by atoms with Crippen LogP contribution in [-0.2, 0) is 0 Å². The van der Waals surface area contributed by atoms with Gasteiger partial charge >= 0.3 is 0 Å². The number of fused-ring (bicyclic) bond motifs is 1. The van der Waals surface area contributed by atoms with Gasteiger partial charge < -0.3 is 11.5 Å². The van der Waals surface area contributed by atoms with E-state index in [9.17, 15) is 13.2 Å². The fourth-order valence-corrected chi connectivity index (χ4v) is 2.51. The lowest BCUT2D eigenvalue weighted by Gasteiger charge is -2.10. The molecule has 0 spiro atoms. The summed E-state index contributed by atoms with van der Waals surface area (Å²) in [7, 11) is 0. The first kappa shape index (κ1) is 16.5. The number of aliphatic imine (C=N–C) groups is 1. The van der Waals surface area contributed by atoms with Gasteiger partial charge in [0.2, 0.25) is 0 Å². The van der Waals surface area contributed by atoms with E-state index < -0.39 is 17.5 Å². The third-order valence-electron chi connectivity index (χ3n) is 3.64. The second kappa shape index (κ2) is 6.27. The second-order valence-electron chi connectivity index (χ2n) is 5.30. The summed E-state index contributed by atoms with van der Waals surface area (Å²) < 4.78 is 41.8. The van der Waals surface area contributed by atoms with E-state index in [1.165, 1.54) is 24.3 Å². The van der Waals surface area contributed by atoms with Crippen LogP contribution in [0.15, 0.2) is 54.2 Å². The number of hydrogen-bond donors (Lipinski definition) is 2. The average Bonchev–Trinajstić information content (AvgIpc) is 2.57. The first-order chi connectivity index (χ1) is 11.9. The molecule has 1 aromatic heterocycles. The maximum atomic E-state index is 14.2. The zero-order valence-corrected chi connectivity index (χ0v) is 12.9. The van der Waals surface area contributed by atoms with Crippen LogP contribution in [0, 0.1) is 17.5 Å². The Kier molecular flexibility index (Phi) is 4.14. The number of halogens is 3. The highest BCUT2D eigenvalue weighted by Gasteiger charge is 2.16. The van der Waals surface area contributed by atoms with Crippen LogP contribution in [0.3, 0.4) is 0 Å². The van der Waals surface area contributed by atoms with Gasteiger partial charge in [-0.15, -0.1) is 0 Å². The summed E-state index contributed by atoms with van der Waals surface area (Å²) in [5.41, 5.74) is 11.4. The second-order valence-corrected chi connectivity index (χ2v) is 5.30. The Labute approximate surface area is 141 Å². The lowest BCUT2D eigenvalue weighted by atomic mass is 10.00. The minimum Gasteiger partial charge on any atom is -0.370 e. The first-order valence-electron chi connectivity index (χ1n) is 7.20. The molecule has 0 unspecified atom stereocenters. The van der Waals surface area contributed by atoms with Crippen molar-refractivity contribution in [2.24, 2.45) is 16.5 Å². The largest absolute Gasteiger partial charge is 0.370 e. The molecule has 126 valence electrons. The number of rotatable bonds is 3. The maximum absolute atomic E-state index is 14.2. The van der Waals surface area contributed by atoms with Gasteiger partial charge in [-0.1, -0.05) is 24.8 Å². The number of guanidine groups is 1. The molecule has 3 rings (SSSR count). The third-order valence-corrected chi connectivity index (χ3v) is 3.64. The summed E-state index contributed by atoms with van der Waals surface area (Å²) in [5, 5.41) is 0.490. The van der Waals surface area contributed by atoms with Crippen LogP contribution in [0.4, 0.5) is 13.2 Å². The highest BCUT2D eigenvalue weighted by molar-refractivity contribution is 5.97. The summed E-state index contributed by atoms with van der Waals surface area (Å²) in [6, 6.07) is 8.31. The van der Waals surface area contributed by atoms with Gasteiger partial charge in [0.05, 0.1) is 17.6 Å². The molecule has 25 heavy (non-hydrogen) atoms. The molecule has 2 aromatic carbocycles. The topological polar surface area (TPSA) is 77.3 Å². The molecule has 0 atom stereocenters. The van der Waals surface area contributed by atoms with Crippen molar-refractivity contribution in [3.05, 3.63) is 72.2 Å².